The Kier molecular flexibility index (Phi) is 4.28. The van der Waals surface area contributed by atoms with Gasteiger partial charge in [-0.1, -0.05) is 18.2 Å². The highest BCUT2D eigenvalue weighted by atomic mass is 19.4. The highest BCUT2D eigenvalue weighted by Crippen LogP contribution is 2.32. The molecule has 0 heterocycles. The normalized spacial score (nSPS) is 14.2. The largest absolute Gasteiger partial charge is 0.419 e. The minimum Gasteiger partial charge on any atom is -0.314 e. The molecule has 1 rings (SSSR count). The molecule has 0 amide bonds. The van der Waals surface area contributed by atoms with E-state index in [4.69, 9.17) is 0 Å². The van der Waals surface area contributed by atoms with Crippen molar-refractivity contribution in [3.8, 4) is 0 Å². The Bertz CT molecular complexity index is 409. The SMILES string of the molecule is CNC(C)/C=C/c1ccc(F)c(C(F)(F)F)c1. The summed E-state index contributed by atoms with van der Waals surface area (Å²) >= 11 is 0. The lowest BCUT2D eigenvalue weighted by Gasteiger charge is -2.09. The first kappa shape index (κ1) is 13.7. The molecular weight excluding hydrogens is 234 g/mol. The maximum atomic E-state index is 13.0. The summed E-state index contributed by atoms with van der Waals surface area (Å²) in [7, 11) is 1.74. The molecule has 0 fully saturated rings. The second-order valence-corrected chi connectivity index (χ2v) is 3.67. The van der Waals surface area contributed by atoms with Gasteiger partial charge in [0.05, 0.1) is 5.56 Å². The van der Waals surface area contributed by atoms with Gasteiger partial charge in [-0.05, 0) is 31.7 Å². The molecule has 17 heavy (non-hydrogen) atoms. The zero-order valence-electron chi connectivity index (χ0n) is 9.48. The van der Waals surface area contributed by atoms with Crippen LogP contribution >= 0.6 is 0 Å². The standard InChI is InChI=1S/C12H13F4N/c1-8(17-2)3-4-9-5-6-11(13)10(7-9)12(14,15)16/h3-8,17H,1-2H3/b4-3+. The summed E-state index contributed by atoms with van der Waals surface area (Å²) in [5, 5.41) is 2.91. The molecule has 1 unspecified atom stereocenters. The van der Waals surface area contributed by atoms with E-state index in [0.717, 1.165) is 12.1 Å². The molecule has 1 atom stereocenters. The van der Waals surface area contributed by atoms with Crippen LogP contribution in [0.15, 0.2) is 24.3 Å². The highest BCUT2D eigenvalue weighted by molar-refractivity contribution is 5.51. The van der Waals surface area contributed by atoms with Crippen molar-refractivity contribution in [2.45, 2.75) is 19.1 Å². The Morgan fingerprint density at radius 2 is 1.94 bits per heavy atom. The zero-order valence-corrected chi connectivity index (χ0v) is 9.48. The van der Waals surface area contributed by atoms with Gasteiger partial charge in [0.15, 0.2) is 0 Å². The predicted molar refractivity (Wildman–Crippen MR) is 59.0 cm³/mol. The van der Waals surface area contributed by atoms with Gasteiger partial charge in [-0.25, -0.2) is 4.39 Å². The van der Waals surface area contributed by atoms with Crippen molar-refractivity contribution in [3.63, 3.8) is 0 Å². The monoisotopic (exact) mass is 247 g/mol. The van der Waals surface area contributed by atoms with Crippen LogP contribution in [-0.4, -0.2) is 13.1 Å². The lowest BCUT2D eigenvalue weighted by Crippen LogP contribution is -2.17. The smallest absolute Gasteiger partial charge is 0.314 e. The molecule has 0 bridgehead atoms. The molecule has 5 heteroatoms. The van der Waals surface area contributed by atoms with E-state index < -0.39 is 17.6 Å². The summed E-state index contributed by atoms with van der Waals surface area (Å²) in [6.45, 7) is 1.85. The molecule has 0 saturated carbocycles. The lowest BCUT2D eigenvalue weighted by atomic mass is 10.1. The average Bonchev–Trinajstić information content (AvgIpc) is 2.26. The second kappa shape index (κ2) is 5.31. The first-order chi connectivity index (χ1) is 7.84. The van der Waals surface area contributed by atoms with Gasteiger partial charge < -0.3 is 5.32 Å². The van der Waals surface area contributed by atoms with Gasteiger partial charge in [0.2, 0.25) is 0 Å². The number of nitrogens with one attached hydrogen (secondary N) is 1. The van der Waals surface area contributed by atoms with Crippen LogP contribution in [0.5, 0.6) is 0 Å². The number of rotatable bonds is 3. The molecule has 1 aromatic carbocycles. The lowest BCUT2D eigenvalue weighted by molar-refractivity contribution is -0.140. The Morgan fingerprint density at radius 3 is 2.47 bits per heavy atom. The fourth-order valence-electron chi connectivity index (χ4n) is 1.22. The fraction of sp³-hybridized carbons (Fsp3) is 0.333. The molecule has 0 aromatic heterocycles. The third-order valence-corrected chi connectivity index (χ3v) is 2.33. The van der Waals surface area contributed by atoms with Gasteiger partial charge in [0.25, 0.3) is 0 Å². The molecule has 0 aliphatic carbocycles. The second-order valence-electron chi connectivity index (χ2n) is 3.67. The molecule has 0 aliphatic rings. The van der Waals surface area contributed by atoms with E-state index in [1.54, 1.807) is 13.1 Å². The van der Waals surface area contributed by atoms with Gasteiger partial charge >= 0.3 is 6.18 Å². The Morgan fingerprint density at radius 1 is 1.29 bits per heavy atom. The van der Waals surface area contributed by atoms with E-state index in [1.807, 2.05) is 6.92 Å². The zero-order chi connectivity index (χ0) is 13.1. The van der Waals surface area contributed by atoms with Gasteiger partial charge in [-0.3, -0.25) is 0 Å². The number of hydrogen-bond acceptors (Lipinski definition) is 1. The first-order valence-electron chi connectivity index (χ1n) is 5.07. The molecule has 1 N–H and O–H groups in total. The number of likely N-dealkylation sites (N-methyl/N-ethyl adjacent to an activating group) is 1. The van der Waals surface area contributed by atoms with Crippen molar-refractivity contribution in [2.24, 2.45) is 0 Å². The van der Waals surface area contributed by atoms with Crippen molar-refractivity contribution in [2.75, 3.05) is 7.05 Å². The highest BCUT2D eigenvalue weighted by Gasteiger charge is 2.33. The van der Waals surface area contributed by atoms with Gasteiger partial charge in [-0.2, -0.15) is 13.2 Å². The molecule has 0 saturated heterocycles. The van der Waals surface area contributed by atoms with Crippen molar-refractivity contribution in [1.82, 2.24) is 5.32 Å². The van der Waals surface area contributed by atoms with E-state index in [-0.39, 0.29) is 6.04 Å². The van der Waals surface area contributed by atoms with Gasteiger partial charge in [0, 0.05) is 6.04 Å². The van der Waals surface area contributed by atoms with Crippen molar-refractivity contribution < 1.29 is 17.6 Å². The average molecular weight is 247 g/mol. The van der Waals surface area contributed by atoms with E-state index in [1.165, 1.54) is 12.1 Å². The summed E-state index contributed by atoms with van der Waals surface area (Å²) in [6, 6.07) is 2.97. The third kappa shape index (κ3) is 3.85. The summed E-state index contributed by atoms with van der Waals surface area (Å²) in [5.41, 5.74) is -0.919. The number of hydrogen-bond donors (Lipinski definition) is 1. The summed E-state index contributed by atoms with van der Waals surface area (Å²) < 4.78 is 50.2. The Labute approximate surface area is 97.1 Å². The first-order valence-corrected chi connectivity index (χ1v) is 5.07. The van der Waals surface area contributed by atoms with Crippen LogP contribution in [-0.2, 0) is 6.18 Å². The van der Waals surface area contributed by atoms with Crippen molar-refractivity contribution >= 4 is 6.08 Å². The van der Waals surface area contributed by atoms with E-state index in [2.05, 4.69) is 5.32 Å². The molecule has 94 valence electrons. The maximum Gasteiger partial charge on any atom is 0.419 e. The molecular formula is C12H13F4N. The molecule has 0 spiro atoms. The summed E-state index contributed by atoms with van der Waals surface area (Å²) in [6.07, 6.45) is -1.44. The van der Waals surface area contributed by atoms with Crippen LogP contribution in [0.2, 0.25) is 0 Å². The van der Waals surface area contributed by atoms with Crippen LogP contribution in [0.25, 0.3) is 6.08 Å². The molecule has 0 radical (unpaired) electrons. The maximum absolute atomic E-state index is 13.0. The quantitative estimate of drug-likeness (QED) is 0.806. The van der Waals surface area contributed by atoms with Gasteiger partial charge in [0.1, 0.15) is 5.82 Å². The van der Waals surface area contributed by atoms with Crippen molar-refractivity contribution in [1.29, 1.82) is 0 Å². The summed E-state index contributed by atoms with van der Waals surface area (Å²) in [4.78, 5) is 0. The minimum absolute atomic E-state index is 0.0365. The van der Waals surface area contributed by atoms with Crippen LogP contribution in [0.3, 0.4) is 0 Å². The minimum atomic E-state index is -4.66. The van der Waals surface area contributed by atoms with Gasteiger partial charge in [-0.15, -0.1) is 0 Å². The van der Waals surface area contributed by atoms with Crippen LogP contribution in [0, 0.1) is 5.82 Å². The Hall–Kier alpha value is -1.36. The van der Waals surface area contributed by atoms with Crippen LogP contribution < -0.4 is 5.32 Å². The Balaban J connectivity index is 3.01. The predicted octanol–water partition coefficient (Wildman–Crippen LogP) is 3.47. The molecule has 1 nitrogen and oxygen atoms in total. The molecule has 1 aromatic rings. The van der Waals surface area contributed by atoms with E-state index in [0.29, 0.717) is 5.56 Å². The van der Waals surface area contributed by atoms with Crippen LogP contribution in [0.4, 0.5) is 17.6 Å². The number of halogens is 4. The summed E-state index contributed by atoms with van der Waals surface area (Å²) in [5.74, 6) is -1.25. The van der Waals surface area contributed by atoms with Crippen molar-refractivity contribution in [3.05, 3.63) is 41.2 Å². The van der Waals surface area contributed by atoms with E-state index >= 15 is 0 Å². The number of benzene rings is 1. The third-order valence-electron chi connectivity index (χ3n) is 2.33. The fourth-order valence-corrected chi connectivity index (χ4v) is 1.22. The van der Waals surface area contributed by atoms with Crippen LogP contribution in [0.1, 0.15) is 18.1 Å². The van der Waals surface area contributed by atoms with E-state index in [9.17, 15) is 17.6 Å². The topological polar surface area (TPSA) is 12.0 Å². The molecule has 0 aliphatic heterocycles. The number of alkyl halides is 3.